The van der Waals surface area contributed by atoms with Crippen molar-refractivity contribution in [3.8, 4) is 11.5 Å². The Labute approximate surface area is 150 Å². The number of hydrogen-bond acceptors (Lipinski definition) is 6. The lowest BCUT2D eigenvalue weighted by molar-refractivity contribution is -0.114. The van der Waals surface area contributed by atoms with Crippen LogP contribution in [0, 0.1) is 6.92 Å². The van der Waals surface area contributed by atoms with E-state index in [-0.39, 0.29) is 4.90 Å². The van der Waals surface area contributed by atoms with Crippen LogP contribution in [0.2, 0.25) is 0 Å². The Morgan fingerprint density at radius 3 is 2.64 bits per heavy atom. The van der Waals surface area contributed by atoms with Crippen LogP contribution in [0.5, 0.6) is 11.5 Å². The third kappa shape index (κ3) is 4.40. The van der Waals surface area contributed by atoms with Crippen LogP contribution in [0.15, 0.2) is 41.3 Å². The molecule has 0 saturated carbocycles. The highest BCUT2D eigenvalue weighted by Crippen LogP contribution is 2.31. The summed E-state index contributed by atoms with van der Waals surface area (Å²) in [5.74, 6) is 0.145. The van der Waals surface area contributed by atoms with Gasteiger partial charge in [-0.25, -0.2) is 13.1 Å². The van der Waals surface area contributed by atoms with Crippen molar-refractivity contribution in [2.24, 2.45) is 0 Å². The maximum atomic E-state index is 12.4. The lowest BCUT2D eigenvalue weighted by Gasteiger charge is -2.10. The number of fused-ring (bicyclic) bond motifs is 1. The molecule has 6 nitrogen and oxygen atoms in total. The lowest BCUT2D eigenvalue weighted by Crippen LogP contribution is -2.29. The summed E-state index contributed by atoms with van der Waals surface area (Å²) in [4.78, 5) is 13.9. The minimum atomic E-state index is -3.99. The molecule has 0 radical (unpaired) electrons. The van der Waals surface area contributed by atoms with Gasteiger partial charge >= 0.3 is 0 Å². The van der Waals surface area contributed by atoms with E-state index in [0.717, 1.165) is 16.2 Å². The Bertz CT molecular complexity index is 915. The minimum Gasteiger partial charge on any atom is -0.490 e. The van der Waals surface area contributed by atoms with E-state index in [1.54, 1.807) is 6.08 Å². The van der Waals surface area contributed by atoms with Crippen molar-refractivity contribution in [1.82, 2.24) is 4.72 Å². The Balaban J connectivity index is 1.74. The smallest absolute Gasteiger partial charge is 0.264 e. The molecule has 0 atom stereocenters. The number of benzene rings is 1. The molecule has 1 aliphatic heterocycles. The van der Waals surface area contributed by atoms with Crippen LogP contribution in [0.25, 0.3) is 6.08 Å². The van der Waals surface area contributed by atoms with E-state index in [9.17, 15) is 13.2 Å². The zero-order valence-corrected chi connectivity index (χ0v) is 15.2. The summed E-state index contributed by atoms with van der Waals surface area (Å²) < 4.78 is 37.7. The van der Waals surface area contributed by atoms with Crippen molar-refractivity contribution in [1.29, 1.82) is 0 Å². The van der Waals surface area contributed by atoms with Crippen LogP contribution in [0.3, 0.4) is 0 Å². The van der Waals surface area contributed by atoms with Gasteiger partial charge in [-0.1, -0.05) is 0 Å². The minimum absolute atomic E-state index is 0.0505. The average Bonchev–Trinajstić information content (AvgIpc) is 2.84. The molecular weight excluding hydrogens is 362 g/mol. The number of ether oxygens (including phenoxy) is 2. The van der Waals surface area contributed by atoms with Gasteiger partial charge in [0.2, 0.25) is 0 Å². The van der Waals surface area contributed by atoms with Crippen LogP contribution in [-0.2, 0) is 14.8 Å². The van der Waals surface area contributed by atoms with E-state index in [2.05, 4.69) is 0 Å². The Morgan fingerprint density at radius 2 is 1.92 bits per heavy atom. The molecule has 132 valence electrons. The third-order valence-corrected chi connectivity index (χ3v) is 5.73. The summed E-state index contributed by atoms with van der Waals surface area (Å²) in [5, 5.41) is 0. The fourth-order valence-corrected chi connectivity index (χ4v) is 3.98. The second kappa shape index (κ2) is 7.28. The highest BCUT2D eigenvalue weighted by atomic mass is 32.2. The number of rotatable bonds is 4. The van der Waals surface area contributed by atoms with Crippen molar-refractivity contribution in [2.45, 2.75) is 18.2 Å². The van der Waals surface area contributed by atoms with E-state index >= 15 is 0 Å². The van der Waals surface area contributed by atoms with E-state index in [1.165, 1.54) is 35.6 Å². The average molecular weight is 379 g/mol. The SMILES string of the molecule is Cc1ccc(C=CC(=O)NS(=O)(=O)c2ccc3c(c2)OCCCO3)s1. The van der Waals surface area contributed by atoms with Gasteiger partial charge in [-0.15, -0.1) is 11.3 Å². The van der Waals surface area contributed by atoms with Gasteiger partial charge in [-0.2, -0.15) is 0 Å². The van der Waals surface area contributed by atoms with Gasteiger partial charge in [0, 0.05) is 28.3 Å². The Hall–Kier alpha value is -2.32. The van der Waals surface area contributed by atoms with Gasteiger partial charge in [-0.05, 0) is 37.3 Å². The van der Waals surface area contributed by atoms with Crippen LogP contribution in [0.4, 0.5) is 0 Å². The van der Waals surface area contributed by atoms with Gasteiger partial charge in [0.25, 0.3) is 15.9 Å². The Morgan fingerprint density at radius 1 is 1.16 bits per heavy atom. The van der Waals surface area contributed by atoms with Crippen molar-refractivity contribution in [2.75, 3.05) is 13.2 Å². The molecule has 0 spiro atoms. The molecule has 25 heavy (non-hydrogen) atoms. The maximum absolute atomic E-state index is 12.4. The van der Waals surface area contributed by atoms with Gasteiger partial charge in [0.1, 0.15) is 0 Å². The summed E-state index contributed by atoms with van der Waals surface area (Å²) in [6.45, 7) is 2.92. The topological polar surface area (TPSA) is 81.7 Å². The number of aryl methyl sites for hydroxylation is 1. The predicted octanol–water partition coefficient (Wildman–Crippen LogP) is 2.74. The summed E-state index contributed by atoms with van der Waals surface area (Å²) in [7, 11) is -3.99. The zero-order chi connectivity index (χ0) is 17.9. The number of carbonyl (C=O) groups excluding carboxylic acids is 1. The van der Waals surface area contributed by atoms with Crippen molar-refractivity contribution < 1.29 is 22.7 Å². The summed E-state index contributed by atoms with van der Waals surface area (Å²) in [6, 6.07) is 8.07. The molecule has 1 aliphatic rings. The molecule has 0 unspecified atom stereocenters. The highest BCUT2D eigenvalue weighted by Gasteiger charge is 2.20. The second-order valence-electron chi connectivity index (χ2n) is 5.41. The summed E-state index contributed by atoms with van der Waals surface area (Å²) in [5.41, 5.74) is 0. The van der Waals surface area contributed by atoms with Crippen LogP contribution in [0.1, 0.15) is 16.2 Å². The maximum Gasteiger partial charge on any atom is 0.264 e. The normalized spacial score (nSPS) is 14.3. The van der Waals surface area contributed by atoms with Crippen LogP contribution < -0.4 is 14.2 Å². The molecule has 1 amide bonds. The molecule has 0 bridgehead atoms. The van der Waals surface area contributed by atoms with E-state index in [4.69, 9.17) is 9.47 Å². The summed E-state index contributed by atoms with van der Waals surface area (Å²) >= 11 is 1.51. The molecule has 0 aliphatic carbocycles. The molecular formula is C17H17NO5S2. The van der Waals surface area contributed by atoms with Crippen LogP contribution >= 0.6 is 11.3 Å². The highest BCUT2D eigenvalue weighted by molar-refractivity contribution is 7.90. The molecule has 1 aromatic carbocycles. The fraction of sp³-hybridized carbons (Fsp3) is 0.235. The van der Waals surface area contributed by atoms with Gasteiger partial charge in [0.15, 0.2) is 11.5 Å². The first kappa shape index (κ1) is 17.5. The largest absolute Gasteiger partial charge is 0.490 e. The predicted molar refractivity (Wildman–Crippen MR) is 95.5 cm³/mol. The van der Waals surface area contributed by atoms with Crippen molar-refractivity contribution in [3.63, 3.8) is 0 Å². The molecule has 8 heteroatoms. The lowest BCUT2D eigenvalue weighted by atomic mass is 10.3. The fourth-order valence-electron chi connectivity index (χ4n) is 2.24. The molecule has 0 fully saturated rings. The first-order valence-corrected chi connectivity index (χ1v) is 9.95. The van der Waals surface area contributed by atoms with Gasteiger partial charge in [-0.3, -0.25) is 4.79 Å². The number of amides is 1. The van der Waals surface area contributed by atoms with Crippen molar-refractivity contribution in [3.05, 3.63) is 46.2 Å². The number of hydrogen-bond donors (Lipinski definition) is 1. The Kier molecular flexibility index (Phi) is 5.10. The molecule has 1 N–H and O–H groups in total. The number of sulfonamides is 1. The molecule has 2 aromatic rings. The number of carbonyl (C=O) groups is 1. The van der Waals surface area contributed by atoms with E-state index in [0.29, 0.717) is 24.7 Å². The summed E-state index contributed by atoms with van der Waals surface area (Å²) in [6.07, 6.45) is 3.50. The van der Waals surface area contributed by atoms with Gasteiger partial charge in [0.05, 0.1) is 18.1 Å². The molecule has 2 heterocycles. The molecule has 0 saturated heterocycles. The van der Waals surface area contributed by atoms with Crippen molar-refractivity contribution >= 4 is 33.3 Å². The second-order valence-corrected chi connectivity index (χ2v) is 8.41. The van der Waals surface area contributed by atoms with Gasteiger partial charge < -0.3 is 9.47 Å². The number of thiophene rings is 1. The molecule has 3 rings (SSSR count). The zero-order valence-electron chi connectivity index (χ0n) is 13.5. The first-order chi connectivity index (χ1) is 11.9. The first-order valence-electron chi connectivity index (χ1n) is 7.65. The monoisotopic (exact) mass is 379 g/mol. The third-order valence-electron chi connectivity index (χ3n) is 3.42. The van der Waals surface area contributed by atoms with E-state index < -0.39 is 15.9 Å². The number of nitrogens with one attached hydrogen (secondary N) is 1. The molecule has 1 aromatic heterocycles. The quantitative estimate of drug-likeness (QED) is 0.826. The van der Waals surface area contributed by atoms with Crippen LogP contribution in [-0.4, -0.2) is 27.5 Å². The van der Waals surface area contributed by atoms with E-state index in [1.807, 2.05) is 23.8 Å². The standard InChI is InChI=1S/C17H17NO5S2/c1-12-3-4-13(24-12)5-8-17(19)18-25(20,21)14-6-7-15-16(11-14)23-10-2-9-22-15/h3-8,11H,2,9-10H2,1H3,(H,18,19).